The molecule has 0 unspecified atom stereocenters. The molecule has 3 heterocycles. The number of benzene rings is 2. The smallest absolute Gasteiger partial charge is 0.353 e. The Balaban J connectivity index is 1.66. The monoisotopic (exact) mass is 558 g/mol. The van der Waals surface area contributed by atoms with Crippen molar-refractivity contribution in [1.29, 1.82) is 0 Å². The van der Waals surface area contributed by atoms with Crippen LogP contribution in [0.3, 0.4) is 0 Å². The first-order valence-corrected chi connectivity index (χ1v) is 13.0. The zero-order valence-electron chi connectivity index (χ0n) is 20.3. The molecule has 5 rings (SSSR count). The number of nitrogens with zero attached hydrogens (tertiary/aromatic N) is 5. The van der Waals surface area contributed by atoms with Gasteiger partial charge in [-0.2, -0.15) is 13.2 Å². The number of nitrogens with one attached hydrogen (secondary N) is 1. The van der Waals surface area contributed by atoms with E-state index in [0.717, 1.165) is 18.0 Å². The highest BCUT2D eigenvalue weighted by Crippen LogP contribution is 2.41. The molecule has 1 aliphatic heterocycles. The lowest BCUT2D eigenvalue weighted by atomic mass is 9.98. The maximum Gasteiger partial charge on any atom is 0.451 e. The number of anilines is 3. The van der Waals surface area contributed by atoms with Gasteiger partial charge in [0.25, 0.3) is 0 Å². The maximum absolute atomic E-state index is 14.0. The average Bonchev–Trinajstić information content (AvgIpc) is 2.93. The number of hydrogen-bond donors (Lipinski definition) is 2. The van der Waals surface area contributed by atoms with Gasteiger partial charge in [0.1, 0.15) is 17.5 Å². The van der Waals surface area contributed by atoms with Crippen LogP contribution in [-0.4, -0.2) is 49.5 Å². The summed E-state index contributed by atoms with van der Waals surface area (Å²) in [6.45, 7) is 1.63. The Morgan fingerprint density at radius 2 is 1.54 bits per heavy atom. The lowest BCUT2D eigenvalue weighted by Crippen LogP contribution is -2.47. The van der Waals surface area contributed by atoms with E-state index in [1.54, 1.807) is 29.3 Å². The summed E-state index contributed by atoms with van der Waals surface area (Å²) in [5.74, 6) is -1.08. The molecule has 2 aromatic carbocycles. The molecular formula is C26H22F4N6O2S. The van der Waals surface area contributed by atoms with Crippen LogP contribution in [0.2, 0.25) is 0 Å². The number of hydrogen-bond acceptors (Lipinski definition) is 7. The quantitative estimate of drug-likeness (QED) is 0.264. The Hall–Kier alpha value is -4.26. The van der Waals surface area contributed by atoms with Gasteiger partial charge in [0.05, 0.1) is 11.3 Å². The normalized spacial score (nSPS) is 14.1. The highest BCUT2D eigenvalue weighted by molar-refractivity contribution is 7.73. The number of rotatable bonds is 6. The van der Waals surface area contributed by atoms with Gasteiger partial charge in [0.2, 0.25) is 16.7 Å². The maximum atomic E-state index is 14.0. The molecular weight excluding hydrogens is 536 g/mol. The molecule has 0 aliphatic carbocycles. The van der Waals surface area contributed by atoms with E-state index in [2.05, 4.69) is 19.7 Å². The van der Waals surface area contributed by atoms with Gasteiger partial charge < -0.3 is 9.80 Å². The standard InChI is InChI=1S/C26H22F4N6O2S/c27-19-9-7-17(8-10-19)23-22(18-4-3-5-20(16-18)34-39(37)38)24(33-25(32-23)26(28,29)30)36-14-12-35(13-15-36)21-6-1-2-11-31-21/h1-11,16,39H,12-15H2,(H,34,37,38). The number of thiol groups is 1. The second kappa shape index (κ2) is 10.8. The molecule has 2 aromatic heterocycles. The largest absolute Gasteiger partial charge is 0.451 e. The summed E-state index contributed by atoms with van der Waals surface area (Å²) in [7, 11) is -2.97. The van der Waals surface area contributed by atoms with Crippen molar-refractivity contribution >= 4 is 28.2 Å². The summed E-state index contributed by atoms with van der Waals surface area (Å²) in [5.41, 5.74) is 1.08. The van der Waals surface area contributed by atoms with Gasteiger partial charge in [-0.25, -0.2) is 27.8 Å². The molecule has 8 nitrogen and oxygen atoms in total. The molecule has 0 saturated carbocycles. The number of pyridine rings is 1. The number of alkyl halides is 3. The van der Waals surface area contributed by atoms with Crippen LogP contribution >= 0.6 is 0 Å². The van der Waals surface area contributed by atoms with Crippen LogP contribution in [-0.2, 0) is 17.1 Å². The lowest BCUT2D eigenvalue weighted by Gasteiger charge is -2.37. The van der Waals surface area contributed by atoms with E-state index in [-0.39, 0.29) is 28.3 Å². The summed E-state index contributed by atoms with van der Waals surface area (Å²) in [4.78, 5) is 16.0. The molecule has 202 valence electrons. The minimum atomic E-state index is -4.85. The Morgan fingerprint density at radius 1 is 0.821 bits per heavy atom. The topological polar surface area (TPSA) is 91.3 Å². The summed E-state index contributed by atoms with van der Waals surface area (Å²) in [6, 6.07) is 16.7. The summed E-state index contributed by atoms with van der Waals surface area (Å²) < 4.78 is 80.6. The van der Waals surface area contributed by atoms with Gasteiger partial charge >= 0.3 is 6.18 Å². The first-order valence-electron chi connectivity index (χ1n) is 11.9. The van der Waals surface area contributed by atoms with Crippen molar-refractivity contribution in [1.82, 2.24) is 15.0 Å². The van der Waals surface area contributed by atoms with E-state index < -0.39 is 28.7 Å². The van der Waals surface area contributed by atoms with Gasteiger partial charge in [-0.05, 0) is 54.1 Å². The van der Waals surface area contributed by atoms with Crippen LogP contribution in [0, 0.1) is 5.82 Å². The minimum absolute atomic E-state index is 0.0426. The molecule has 0 radical (unpaired) electrons. The van der Waals surface area contributed by atoms with Gasteiger partial charge in [-0.1, -0.05) is 18.2 Å². The number of piperazine rings is 1. The Kier molecular flexibility index (Phi) is 7.33. The van der Waals surface area contributed by atoms with Crippen molar-refractivity contribution in [2.24, 2.45) is 0 Å². The van der Waals surface area contributed by atoms with Crippen molar-refractivity contribution < 1.29 is 26.0 Å². The average molecular weight is 559 g/mol. The molecule has 0 bridgehead atoms. The second-order valence-electron chi connectivity index (χ2n) is 8.71. The van der Waals surface area contributed by atoms with Gasteiger partial charge in [-0.3, -0.25) is 4.72 Å². The van der Waals surface area contributed by atoms with Crippen molar-refractivity contribution in [2.45, 2.75) is 6.18 Å². The van der Waals surface area contributed by atoms with Crippen LogP contribution < -0.4 is 14.5 Å². The van der Waals surface area contributed by atoms with Crippen LogP contribution in [0.4, 0.5) is 34.9 Å². The Labute approximate surface area is 223 Å². The fraction of sp³-hybridized carbons (Fsp3) is 0.192. The van der Waals surface area contributed by atoms with E-state index in [9.17, 15) is 26.0 Å². The Bertz CT molecular complexity index is 1530. The van der Waals surface area contributed by atoms with E-state index >= 15 is 0 Å². The molecule has 1 fully saturated rings. The lowest BCUT2D eigenvalue weighted by molar-refractivity contribution is -0.144. The van der Waals surface area contributed by atoms with Gasteiger partial charge in [0, 0.05) is 43.6 Å². The van der Waals surface area contributed by atoms with E-state index in [0.29, 0.717) is 31.7 Å². The van der Waals surface area contributed by atoms with Gasteiger partial charge in [0.15, 0.2) is 0 Å². The molecule has 0 amide bonds. The van der Waals surface area contributed by atoms with Crippen molar-refractivity contribution in [2.75, 3.05) is 40.7 Å². The minimum Gasteiger partial charge on any atom is -0.353 e. The van der Waals surface area contributed by atoms with Crippen LogP contribution in [0.15, 0.2) is 72.9 Å². The van der Waals surface area contributed by atoms with E-state index in [1.165, 1.54) is 24.3 Å². The first kappa shape index (κ1) is 26.4. The van der Waals surface area contributed by atoms with Crippen molar-refractivity contribution in [3.8, 4) is 22.4 Å². The fourth-order valence-electron chi connectivity index (χ4n) is 4.42. The van der Waals surface area contributed by atoms with Crippen molar-refractivity contribution in [3.63, 3.8) is 0 Å². The van der Waals surface area contributed by atoms with Crippen molar-refractivity contribution in [3.05, 3.63) is 84.6 Å². The molecule has 1 aliphatic rings. The van der Waals surface area contributed by atoms with Crippen LogP contribution in [0.1, 0.15) is 5.82 Å². The fourth-order valence-corrected chi connectivity index (χ4v) is 4.77. The zero-order chi connectivity index (χ0) is 27.6. The zero-order valence-corrected chi connectivity index (χ0v) is 21.2. The third-order valence-corrected chi connectivity index (χ3v) is 6.63. The molecule has 0 atom stereocenters. The molecule has 39 heavy (non-hydrogen) atoms. The predicted molar refractivity (Wildman–Crippen MR) is 140 cm³/mol. The van der Waals surface area contributed by atoms with E-state index in [1.807, 2.05) is 17.0 Å². The summed E-state index contributed by atoms with van der Waals surface area (Å²) in [5, 5.41) is 0. The molecule has 4 aromatic rings. The molecule has 1 N–H and O–H groups in total. The number of aromatic nitrogens is 3. The third kappa shape index (κ3) is 5.93. The molecule has 13 heteroatoms. The molecule has 1 saturated heterocycles. The third-order valence-electron chi connectivity index (χ3n) is 6.19. The predicted octanol–water partition coefficient (Wildman–Crippen LogP) is 4.63. The SMILES string of the molecule is O=[SH](=O)Nc1cccc(-c2c(-c3ccc(F)cc3)nc(C(F)(F)F)nc2N2CCN(c3ccccn3)CC2)c1. The van der Waals surface area contributed by atoms with E-state index in [4.69, 9.17) is 0 Å². The summed E-state index contributed by atoms with van der Waals surface area (Å²) in [6.07, 6.45) is -3.17. The van der Waals surface area contributed by atoms with Gasteiger partial charge in [-0.15, -0.1) is 0 Å². The molecule has 0 spiro atoms. The highest BCUT2D eigenvalue weighted by Gasteiger charge is 2.38. The van der Waals surface area contributed by atoms with Crippen LogP contribution in [0.5, 0.6) is 0 Å². The number of halogens is 4. The summed E-state index contributed by atoms with van der Waals surface area (Å²) >= 11 is 0. The second-order valence-corrected chi connectivity index (χ2v) is 9.45. The first-order chi connectivity index (χ1) is 18.7. The van der Waals surface area contributed by atoms with Crippen LogP contribution in [0.25, 0.3) is 22.4 Å². The Morgan fingerprint density at radius 3 is 2.18 bits per heavy atom. The highest BCUT2D eigenvalue weighted by atomic mass is 32.2.